The Morgan fingerprint density at radius 3 is 2.47 bits per heavy atom. The first-order chi connectivity index (χ1) is 8.86. The molecular formula is C15H24FNOS. The Morgan fingerprint density at radius 2 is 1.95 bits per heavy atom. The highest BCUT2D eigenvalue weighted by Gasteiger charge is 2.26. The Bertz CT molecular complexity index is 428. The highest BCUT2D eigenvalue weighted by Crippen LogP contribution is 2.22. The monoisotopic (exact) mass is 285 g/mol. The van der Waals surface area contributed by atoms with Gasteiger partial charge in [0.25, 0.3) is 0 Å². The zero-order valence-electron chi connectivity index (χ0n) is 12.2. The molecule has 0 aliphatic rings. The van der Waals surface area contributed by atoms with Crippen LogP contribution in [0.4, 0.5) is 4.39 Å². The molecule has 0 aromatic heterocycles. The molecule has 2 atom stereocenters. The lowest BCUT2D eigenvalue weighted by Gasteiger charge is -2.31. The largest absolute Gasteiger partial charge is 0.313 e. The Kier molecular flexibility index (Phi) is 6.14. The van der Waals surface area contributed by atoms with Gasteiger partial charge < -0.3 is 5.32 Å². The standard InChI is InChI=1S/C15H24FNOS/c1-5-10-17-14(15(2,3)4)11-19(18)13-9-7-6-8-12(13)16/h6-9,14,17H,5,10-11H2,1-4H3. The molecule has 0 saturated heterocycles. The highest BCUT2D eigenvalue weighted by atomic mass is 32.2. The third kappa shape index (κ3) is 5.03. The van der Waals surface area contributed by atoms with E-state index in [4.69, 9.17) is 0 Å². The SMILES string of the molecule is CCCNC(CS(=O)c1ccccc1F)C(C)(C)C. The molecule has 1 N–H and O–H groups in total. The second-order valence-corrected chi connectivity index (χ2v) is 7.28. The Morgan fingerprint density at radius 1 is 1.32 bits per heavy atom. The predicted molar refractivity (Wildman–Crippen MR) is 79.2 cm³/mol. The van der Waals surface area contributed by atoms with Gasteiger partial charge in [-0.25, -0.2) is 4.39 Å². The fraction of sp³-hybridized carbons (Fsp3) is 0.600. The molecule has 1 aromatic carbocycles. The molecule has 0 aliphatic heterocycles. The van der Waals surface area contributed by atoms with Gasteiger partial charge in [0.1, 0.15) is 5.82 Å². The molecule has 0 radical (unpaired) electrons. The Hall–Kier alpha value is -0.740. The number of hydrogen-bond acceptors (Lipinski definition) is 2. The average Bonchev–Trinajstić information content (AvgIpc) is 2.33. The van der Waals surface area contributed by atoms with Gasteiger partial charge in [0.2, 0.25) is 0 Å². The molecule has 0 saturated carbocycles. The van der Waals surface area contributed by atoms with Crippen molar-refractivity contribution in [2.45, 2.75) is 45.1 Å². The summed E-state index contributed by atoms with van der Waals surface area (Å²) in [6, 6.07) is 6.41. The molecule has 0 heterocycles. The fourth-order valence-corrected chi connectivity index (χ4v) is 3.42. The van der Waals surface area contributed by atoms with Crippen LogP contribution in [0, 0.1) is 11.2 Å². The molecule has 19 heavy (non-hydrogen) atoms. The number of halogens is 1. The van der Waals surface area contributed by atoms with Crippen molar-refractivity contribution >= 4 is 10.8 Å². The van der Waals surface area contributed by atoms with Crippen LogP contribution in [0.2, 0.25) is 0 Å². The summed E-state index contributed by atoms with van der Waals surface area (Å²) in [6.07, 6.45) is 1.03. The van der Waals surface area contributed by atoms with Crippen LogP contribution in [0.15, 0.2) is 29.2 Å². The molecule has 0 fully saturated rings. The molecule has 0 aliphatic carbocycles. The summed E-state index contributed by atoms with van der Waals surface area (Å²) in [5.41, 5.74) is -0.00388. The van der Waals surface area contributed by atoms with Crippen molar-refractivity contribution in [3.05, 3.63) is 30.1 Å². The molecule has 0 amide bonds. The second-order valence-electron chi connectivity index (χ2n) is 5.82. The molecule has 108 valence electrons. The van der Waals surface area contributed by atoms with Gasteiger partial charge in [-0.05, 0) is 30.5 Å². The summed E-state index contributed by atoms with van der Waals surface area (Å²) >= 11 is 0. The van der Waals surface area contributed by atoms with Crippen LogP contribution in [0.5, 0.6) is 0 Å². The highest BCUT2D eigenvalue weighted by molar-refractivity contribution is 7.85. The van der Waals surface area contributed by atoms with Crippen LogP contribution in [-0.2, 0) is 10.8 Å². The maximum atomic E-state index is 13.6. The van der Waals surface area contributed by atoms with Gasteiger partial charge in [-0.3, -0.25) is 4.21 Å². The van der Waals surface area contributed by atoms with Gasteiger partial charge in [-0.2, -0.15) is 0 Å². The maximum Gasteiger partial charge on any atom is 0.139 e. The smallest absolute Gasteiger partial charge is 0.139 e. The molecule has 1 aromatic rings. The lowest BCUT2D eigenvalue weighted by Crippen LogP contribution is -2.44. The van der Waals surface area contributed by atoms with E-state index in [0.717, 1.165) is 13.0 Å². The van der Waals surface area contributed by atoms with Crippen molar-refractivity contribution in [1.29, 1.82) is 0 Å². The first kappa shape index (κ1) is 16.3. The van der Waals surface area contributed by atoms with E-state index in [1.54, 1.807) is 18.2 Å². The number of nitrogens with one attached hydrogen (secondary N) is 1. The molecule has 0 bridgehead atoms. The van der Waals surface area contributed by atoms with Crippen LogP contribution in [0.3, 0.4) is 0 Å². The van der Waals surface area contributed by atoms with Gasteiger partial charge in [-0.1, -0.05) is 39.8 Å². The van der Waals surface area contributed by atoms with E-state index < -0.39 is 10.8 Å². The average molecular weight is 285 g/mol. The third-order valence-electron chi connectivity index (χ3n) is 3.09. The first-order valence-corrected chi connectivity index (χ1v) is 8.04. The van der Waals surface area contributed by atoms with Crippen LogP contribution < -0.4 is 5.32 Å². The fourth-order valence-electron chi connectivity index (χ4n) is 1.80. The summed E-state index contributed by atoms with van der Waals surface area (Å²) in [5.74, 6) is 0.0498. The maximum absolute atomic E-state index is 13.6. The number of rotatable bonds is 6. The minimum atomic E-state index is -1.31. The molecule has 2 unspecified atom stereocenters. The minimum absolute atomic E-state index is 0.00388. The van der Waals surface area contributed by atoms with E-state index in [-0.39, 0.29) is 17.3 Å². The van der Waals surface area contributed by atoms with Gasteiger partial charge >= 0.3 is 0 Å². The van der Waals surface area contributed by atoms with Crippen molar-refractivity contribution in [1.82, 2.24) is 5.32 Å². The first-order valence-electron chi connectivity index (χ1n) is 6.72. The molecule has 0 spiro atoms. The minimum Gasteiger partial charge on any atom is -0.313 e. The summed E-state index contributed by atoms with van der Waals surface area (Å²) in [6.45, 7) is 9.31. The van der Waals surface area contributed by atoms with Crippen molar-refractivity contribution in [3.8, 4) is 0 Å². The normalized spacial score (nSPS) is 15.2. The van der Waals surface area contributed by atoms with Crippen molar-refractivity contribution < 1.29 is 8.60 Å². The van der Waals surface area contributed by atoms with E-state index in [2.05, 4.69) is 33.0 Å². The van der Waals surface area contributed by atoms with Gasteiger partial charge in [0.15, 0.2) is 0 Å². The van der Waals surface area contributed by atoms with Crippen LogP contribution in [0.1, 0.15) is 34.1 Å². The van der Waals surface area contributed by atoms with Gasteiger partial charge in [0.05, 0.1) is 15.7 Å². The van der Waals surface area contributed by atoms with Crippen molar-refractivity contribution in [2.24, 2.45) is 5.41 Å². The lowest BCUT2D eigenvalue weighted by atomic mass is 9.88. The van der Waals surface area contributed by atoms with Gasteiger partial charge in [0, 0.05) is 11.8 Å². The van der Waals surface area contributed by atoms with E-state index in [9.17, 15) is 8.60 Å². The zero-order chi connectivity index (χ0) is 14.5. The van der Waals surface area contributed by atoms with Crippen molar-refractivity contribution in [2.75, 3.05) is 12.3 Å². The Labute approximate surface area is 118 Å². The molecule has 2 nitrogen and oxygen atoms in total. The van der Waals surface area contributed by atoms with Crippen LogP contribution in [-0.4, -0.2) is 22.5 Å². The lowest BCUT2D eigenvalue weighted by molar-refractivity contribution is 0.290. The quantitative estimate of drug-likeness (QED) is 0.868. The number of hydrogen-bond donors (Lipinski definition) is 1. The third-order valence-corrected chi connectivity index (χ3v) is 4.54. The Balaban J connectivity index is 2.79. The van der Waals surface area contributed by atoms with Gasteiger partial charge in [-0.15, -0.1) is 0 Å². The van der Waals surface area contributed by atoms with E-state index >= 15 is 0 Å². The predicted octanol–water partition coefficient (Wildman–Crippen LogP) is 3.35. The summed E-state index contributed by atoms with van der Waals surface area (Å²) in [7, 11) is -1.31. The second kappa shape index (κ2) is 7.15. The van der Waals surface area contributed by atoms with E-state index in [1.165, 1.54) is 6.07 Å². The van der Waals surface area contributed by atoms with Crippen LogP contribution in [0.25, 0.3) is 0 Å². The summed E-state index contributed by atoms with van der Waals surface area (Å²) < 4.78 is 25.9. The molecule has 1 rings (SSSR count). The van der Waals surface area contributed by atoms with E-state index in [1.807, 2.05) is 0 Å². The van der Waals surface area contributed by atoms with Crippen LogP contribution >= 0.6 is 0 Å². The summed E-state index contributed by atoms with van der Waals surface area (Å²) in [5, 5.41) is 3.41. The zero-order valence-corrected chi connectivity index (χ0v) is 13.0. The van der Waals surface area contributed by atoms with E-state index in [0.29, 0.717) is 10.6 Å². The summed E-state index contributed by atoms with van der Waals surface area (Å²) in [4.78, 5) is 0.301. The molecule has 4 heteroatoms. The topological polar surface area (TPSA) is 29.1 Å². The van der Waals surface area contributed by atoms with Crippen molar-refractivity contribution in [3.63, 3.8) is 0 Å². The molecular weight excluding hydrogens is 261 g/mol. The number of benzene rings is 1.